The van der Waals surface area contributed by atoms with E-state index >= 15 is 0 Å². The Kier molecular flexibility index (Phi) is 2.13. The zero-order valence-electron chi connectivity index (χ0n) is 2.06. The third-order valence-electron chi connectivity index (χ3n) is 0. The first kappa shape index (κ1) is 6.15. The minimum Gasteiger partial charge on any atom is -0.329 e. The highest BCUT2D eigenvalue weighted by Gasteiger charge is 1.99. The third kappa shape index (κ3) is 38.6. The largest absolute Gasteiger partial charge is 0.329 e. The smallest absolute Gasteiger partial charge is 0.325 e. The molecule has 0 saturated carbocycles. The molecule has 0 bridgehead atoms. The molecule has 0 unspecified atom stereocenters. The molecule has 0 aliphatic heterocycles. The predicted molar refractivity (Wildman–Crippen MR) is 27.7 cm³/mol. The van der Waals surface area contributed by atoms with Crippen LogP contribution in [0.15, 0.2) is 0 Å². The fourth-order valence-corrected chi connectivity index (χ4v) is 0. The highest BCUT2D eigenvalue weighted by Crippen LogP contribution is 2.56. The van der Waals surface area contributed by atoms with E-state index in [0.29, 0.717) is 0 Å². The number of hydrogen-bond acceptors (Lipinski definition) is 1. The molecule has 0 saturated heterocycles. The van der Waals surface area contributed by atoms with E-state index in [0.717, 1.165) is 0 Å². The topological polar surface area (TPSA) is 37.3 Å². The van der Waals surface area contributed by atoms with Gasteiger partial charge in [-0.05, 0) is 0 Å². The third-order valence-corrected chi connectivity index (χ3v) is 0. The van der Waals surface area contributed by atoms with Gasteiger partial charge in [0.25, 0.3) is 0 Å². The van der Waals surface area contributed by atoms with Crippen LogP contribution in [0, 0.1) is 0 Å². The van der Waals surface area contributed by atoms with Crippen molar-refractivity contribution in [3.05, 3.63) is 0 Å². The molecular weight excluding hydrogens is 223 g/mol. The first-order valence-electron chi connectivity index (χ1n) is 0.721. The van der Waals surface area contributed by atoms with Crippen molar-refractivity contribution >= 4 is 35.8 Å². The second-order valence-electron chi connectivity index (χ2n) is 0.435. The fraction of sp³-hybridized carbons (Fsp3) is 0. The van der Waals surface area contributed by atoms with Crippen LogP contribution in [0.5, 0.6) is 0 Å². The molecule has 5 heavy (non-hydrogen) atoms. The second kappa shape index (κ2) is 1.73. The van der Waals surface area contributed by atoms with Gasteiger partial charge in [-0.25, -0.2) is 0 Å². The van der Waals surface area contributed by atoms with Crippen LogP contribution in [0.3, 0.4) is 0 Å². The molecule has 2 nitrogen and oxygen atoms in total. The molecule has 0 aliphatic carbocycles. The van der Waals surface area contributed by atoms with Gasteiger partial charge in [0, 0.05) is 31.0 Å². The Labute approximate surface area is 45.5 Å². The lowest BCUT2D eigenvalue weighted by Gasteiger charge is -1.79. The molecule has 0 aromatic carbocycles. The molecule has 0 aromatic heterocycles. The van der Waals surface area contributed by atoms with Gasteiger partial charge >= 0.3 is 4.77 Å². The van der Waals surface area contributed by atoms with Gasteiger partial charge in [-0.1, -0.05) is 0 Å². The predicted octanol–water partition coefficient (Wildman–Crippen LogP) is 1.88. The highest BCUT2D eigenvalue weighted by atomic mass is 79.9. The molecule has 0 aromatic rings. The number of hydrogen-bond donors (Lipinski definition) is 1. The molecule has 0 amide bonds. The zero-order valence-corrected chi connectivity index (χ0v) is 6.13. The van der Waals surface area contributed by atoms with Crippen LogP contribution < -0.4 is 0 Å². The quantitative estimate of drug-likeness (QED) is 0.637. The van der Waals surface area contributed by atoms with Crippen LogP contribution >= 0.6 is 35.8 Å². The van der Waals surface area contributed by atoms with Crippen LogP contribution in [0.2, 0.25) is 0 Å². The van der Waals surface area contributed by atoms with Crippen molar-refractivity contribution in [3.8, 4) is 0 Å². The zero-order chi connectivity index (χ0) is 4.50. The molecule has 5 heteroatoms. The van der Waals surface area contributed by atoms with Gasteiger partial charge < -0.3 is 4.89 Å². The summed E-state index contributed by atoms with van der Waals surface area (Å²) in [6.45, 7) is 0. The molecular formula is HBr2O2P. The van der Waals surface area contributed by atoms with Crippen LogP contribution in [-0.2, 0) is 4.57 Å². The van der Waals surface area contributed by atoms with E-state index in [1.54, 1.807) is 0 Å². The van der Waals surface area contributed by atoms with Gasteiger partial charge in [-0.3, -0.25) is 4.57 Å². The van der Waals surface area contributed by atoms with E-state index < -0.39 is 4.77 Å². The normalized spacial score (nSPS) is 11.8. The van der Waals surface area contributed by atoms with Crippen molar-refractivity contribution in [2.45, 2.75) is 0 Å². The SMILES string of the molecule is O=P(O)(Br)Br. The van der Waals surface area contributed by atoms with Crippen molar-refractivity contribution in [2.75, 3.05) is 0 Å². The summed E-state index contributed by atoms with van der Waals surface area (Å²) in [5.74, 6) is 0. The Morgan fingerprint density at radius 2 is 1.60 bits per heavy atom. The van der Waals surface area contributed by atoms with Crippen LogP contribution in [0.4, 0.5) is 0 Å². The number of rotatable bonds is 0. The Morgan fingerprint density at radius 3 is 1.60 bits per heavy atom. The molecule has 0 rings (SSSR count). The van der Waals surface area contributed by atoms with E-state index in [1.807, 2.05) is 0 Å². The lowest BCUT2D eigenvalue weighted by atomic mass is 15.9. The molecule has 0 radical (unpaired) electrons. The van der Waals surface area contributed by atoms with Crippen molar-refractivity contribution in [1.82, 2.24) is 0 Å². The van der Waals surface area contributed by atoms with E-state index in [2.05, 4.69) is 31.0 Å². The van der Waals surface area contributed by atoms with Gasteiger partial charge in [-0.2, -0.15) is 0 Å². The van der Waals surface area contributed by atoms with Crippen LogP contribution in [-0.4, -0.2) is 4.89 Å². The van der Waals surface area contributed by atoms with Crippen molar-refractivity contribution in [2.24, 2.45) is 0 Å². The summed E-state index contributed by atoms with van der Waals surface area (Å²) in [7, 11) is 0. The summed E-state index contributed by atoms with van der Waals surface area (Å²) in [5, 5.41) is 0. The second-order valence-corrected chi connectivity index (χ2v) is 9.93. The van der Waals surface area contributed by atoms with Crippen molar-refractivity contribution in [1.29, 1.82) is 0 Å². The molecule has 32 valence electrons. The van der Waals surface area contributed by atoms with Gasteiger partial charge in [0.2, 0.25) is 0 Å². The lowest BCUT2D eigenvalue weighted by molar-refractivity contribution is 0.517. The Morgan fingerprint density at radius 1 is 1.60 bits per heavy atom. The molecule has 1 N–H and O–H groups in total. The summed E-state index contributed by atoms with van der Waals surface area (Å²) in [4.78, 5) is 7.91. The van der Waals surface area contributed by atoms with Gasteiger partial charge in [0.1, 0.15) is 0 Å². The lowest BCUT2D eigenvalue weighted by Crippen LogP contribution is -1.37. The Bertz CT molecular complexity index is 53.8. The molecule has 0 aliphatic rings. The van der Waals surface area contributed by atoms with Crippen LogP contribution in [0.25, 0.3) is 0 Å². The first-order valence-corrected chi connectivity index (χ1v) is 6.42. The van der Waals surface area contributed by atoms with Gasteiger partial charge in [-0.15, -0.1) is 0 Å². The van der Waals surface area contributed by atoms with Gasteiger partial charge in [0.15, 0.2) is 0 Å². The van der Waals surface area contributed by atoms with Crippen molar-refractivity contribution in [3.63, 3.8) is 0 Å². The Hall–Kier alpha value is 1.15. The minimum absolute atomic E-state index is 2.40. The summed E-state index contributed by atoms with van der Waals surface area (Å²) in [6.07, 6.45) is 0. The van der Waals surface area contributed by atoms with E-state index in [4.69, 9.17) is 4.89 Å². The highest BCUT2D eigenvalue weighted by molar-refractivity contribution is 9.70. The summed E-state index contributed by atoms with van der Waals surface area (Å²) >= 11 is 4.81. The summed E-state index contributed by atoms with van der Waals surface area (Å²) in [6, 6.07) is 0. The van der Waals surface area contributed by atoms with Crippen LogP contribution in [0.1, 0.15) is 0 Å². The maximum absolute atomic E-state index is 9.60. The first-order chi connectivity index (χ1) is 2.00. The fourth-order valence-electron chi connectivity index (χ4n) is 0. The molecule has 0 heterocycles. The number of halogens is 2. The van der Waals surface area contributed by atoms with E-state index in [1.165, 1.54) is 0 Å². The monoisotopic (exact) mass is 222 g/mol. The molecule has 0 fully saturated rings. The average molecular weight is 224 g/mol. The standard InChI is InChI=1S/Br2HO2P/c1-5(2,3)4/h(H,3,4). The average Bonchev–Trinajstić information content (AvgIpc) is 0.722. The maximum atomic E-state index is 9.60. The van der Waals surface area contributed by atoms with Gasteiger partial charge in [0.05, 0.1) is 0 Å². The van der Waals surface area contributed by atoms with E-state index in [9.17, 15) is 4.57 Å². The minimum atomic E-state index is -3.01. The summed E-state index contributed by atoms with van der Waals surface area (Å²) < 4.78 is 6.59. The Balaban J connectivity index is 3.47. The maximum Gasteiger partial charge on any atom is 0.325 e. The van der Waals surface area contributed by atoms with Crippen molar-refractivity contribution < 1.29 is 9.46 Å². The molecule has 0 spiro atoms. The summed E-state index contributed by atoms with van der Waals surface area (Å²) in [5.41, 5.74) is 0. The molecule has 0 atom stereocenters. The van der Waals surface area contributed by atoms with E-state index in [-0.39, 0.29) is 0 Å².